The van der Waals surface area contributed by atoms with Gasteiger partial charge in [-0.05, 0) is 62.9 Å². The van der Waals surface area contributed by atoms with Crippen molar-refractivity contribution in [3.63, 3.8) is 0 Å². The van der Waals surface area contributed by atoms with Crippen LogP contribution < -0.4 is 10.1 Å². The molecule has 0 fully saturated rings. The topological polar surface area (TPSA) is 58.6 Å². The molecule has 1 atom stereocenters. The first-order valence-electron chi connectivity index (χ1n) is 9.65. The van der Waals surface area contributed by atoms with Crippen LogP contribution in [0.25, 0.3) is 0 Å². The molecule has 150 valence electrons. The van der Waals surface area contributed by atoms with Crippen molar-refractivity contribution >= 4 is 11.8 Å². The Labute approximate surface area is 167 Å². The zero-order chi connectivity index (χ0) is 20.7. The second kappa shape index (κ2) is 9.93. The van der Waals surface area contributed by atoms with Crippen LogP contribution in [0.1, 0.15) is 36.1 Å². The maximum Gasteiger partial charge on any atom is 0.261 e. The average molecular weight is 383 g/mol. The number of likely N-dealkylation sites (N-methyl/N-ethyl adjacent to an activating group) is 1. The number of benzene rings is 2. The lowest BCUT2D eigenvalue weighted by Crippen LogP contribution is -2.49. The quantitative estimate of drug-likeness (QED) is 0.760. The van der Waals surface area contributed by atoms with E-state index in [9.17, 15) is 9.59 Å². The number of nitrogens with zero attached hydrogens (tertiary/aromatic N) is 1. The molecule has 0 spiro atoms. The lowest BCUT2D eigenvalue weighted by Gasteiger charge is -2.28. The highest BCUT2D eigenvalue weighted by Gasteiger charge is 2.26. The Morgan fingerprint density at radius 2 is 1.79 bits per heavy atom. The molecule has 0 saturated heterocycles. The number of nitrogens with one attached hydrogen (secondary N) is 1. The normalized spacial score (nSPS) is 11.6. The maximum absolute atomic E-state index is 13.0. The van der Waals surface area contributed by atoms with Crippen LogP contribution in [0, 0.1) is 20.8 Å². The molecule has 0 aliphatic rings. The molecule has 2 aromatic carbocycles. The molecule has 0 heterocycles. The molecule has 0 radical (unpaired) electrons. The largest absolute Gasteiger partial charge is 0.483 e. The average Bonchev–Trinajstić information content (AvgIpc) is 2.68. The summed E-state index contributed by atoms with van der Waals surface area (Å²) in [4.78, 5) is 26.9. The van der Waals surface area contributed by atoms with Crippen LogP contribution in [0.3, 0.4) is 0 Å². The first-order chi connectivity index (χ1) is 13.3. The molecule has 0 saturated carbocycles. The molecular weight excluding hydrogens is 352 g/mol. The van der Waals surface area contributed by atoms with Crippen LogP contribution >= 0.6 is 0 Å². The highest BCUT2D eigenvalue weighted by molar-refractivity contribution is 5.87. The zero-order valence-corrected chi connectivity index (χ0v) is 17.4. The first kappa shape index (κ1) is 21.5. The molecule has 28 heavy (non-hydrogen) atoms. The van der Waals surface area contributed by atoms with Crippen molar-refractivity contribution in [3.05, 3.63) is 64.7 Å². The third-order valence-corrected chi connectivity index (χ3v) is 4.83. The number of rotatable bonds is 8. The minimum Gasteiger partial charge on any atom is -0.483 e. The summed E-state index contributed by atoms with van der Waals surface area (Å²) >= 11 is 0. The Bertz CT molecular complexity index is 818. The molecule has 0 bridgehead atoms. The fourth-order valence-corrected chi connectivity index (χ4v) is 3.06. The Kier molecular flexibility index (Phi) is 7.61. The van der Waals surface area contributed by atoms with E-state index in [0.717, 1.165) is 22.3 Å². The van der Waals surface area contributed by atoms with E-state index in [1.807, 2.05) is 64.1 Å². The molecule has 2 aromatic rings. The van der Waals surface area contributed by atoms with E-state index >= 15 is 0 Å². The van der Waals surface area contributed by atoms with Gasteiger partial charge in [-0.2, -0.15) is 0 Å². The van der Waals surface area contributed by atoms with Gasteiger partial charge in [-0.3, -0.25) is 9.59 Å². The predicted octanol–water partition coefficient (Wildman–Crippen LogP) is 3.54. The number of aryl methyl sites for hydroxylation is 2. The van der Waals surface area contributed by atoms with E-state index in [0.29, 0.717) is 18.8 Å². The molecule has 5 heteroatoms. The number of carbonyl (C=O) groups is 2. The zero-order valence-electron chi connectivity index (χ0n) is 17.4. The summed E-state index contributed by atoms with van der Waals surface area (Å²) in [6.45, 7) is 10.4. The summed E-state index contributed by atoms with van der Waals surface area (Å²) in [5.41, 5.74) is 4.20. The van der Waals surface area contributed by atoms with E-state index in [-0.39, 0.29) is 18.4 Å². The number of ether oxygens (including phenoxy) is 1. The molecule has 2 amide bonds. The molecule has 0 unspecified atom stereocenters. The van der Waals surface area contributed by atoms with Crippen LogP contribution in [0.2, 0.25) is 0 Å². The van der Waals surface area contributed by atoms with Gasteiger partial charge in [-0.1, -0.05) is 36.4 Å². The van der Waals surface area contributed by atoms with Gasteiger partial charge in [-0.25, -0.2) is 0 Å². The SMILES string of the molecule is CCNC(=O)[C@H](C)N(Cc1ccccc1)C(=O)COc1cc(C)cc(C)c1C. The van der Waals surface area contributed by atoms with Crippen LogP contribution in [0.15, 0.2) is 42.5 Å². The maximum atomic E-state index is 13.0. The number of hydrogen-bond donors (Lipinski definition) is 1. The molecule has 0 aromatic heterocycles. The number of hydrogen-bond acceptors (Lipinski definition) is 3. The van der Waals surface area contributed by atoms with E-state index in [1.54, 1.807) is 11.8 Å². The number of amides is 2. The monoisotopic (exact) mass is 382 g/mol. The highest BCUT2D eigenvalue weighted by atomic mass is 16.5. The van der Waals surface area contributed by atoms with Gasteiger partial charge in [0.1, 0.15) is 11.8 Å². The van der Waals surface area contributed by atoms with Gasteiger partial charge in [0.25, 0.3) is 5.91 Å². The van der Waals surface area contributed by atoms with Gasteiger partial charge in [0.05, 0.1) is 0 Å². The fraction of sp³-hybridized carbons (Fsp3) is 0.391. The third-order valence-electron chi connectivity index (χ3n) is 4.83. The van der Waals surface area contributed by atoms with Gasteiger partial charge >= 0.3 is 0 Å². The molecule has 1 N–H and O–H groups in total. The van der Waals surface area contributed by atoms with Crippen LogP contribution in [-0.4, -0.2) is 35.9 Å². The van der Waals surface area contributed by atoms with Crippen LogP contribution in [0.5, 0.6) is 5.75 Å². The lowest BCUT2D eigenvalue weighted by atomic mass is 10.1. The predicted molar refractivity (Wildman–Crippen MR) is 111 cm³/mol. The summed E-state index contributed by atoms with van der Waals surface area (Å²) in [6.07, 6.45) is 0. The summed E-state index contributed by atoms with van der Waals surface area (Å²) in [6, 6.07) is 13.1. The Hall–Kier alpha value is -2.82. The van der Waals surface area contributed by atoms with Crippen molar-refractivity contribution in [2.45, 2.75) is 47.2 Å². The summed E-state index contributed by atoms with van der Waals surface area (Å²) in [7, 11) is 0. The van der Waals surface area contributed by atoms with Crippen molar-refractivity contribution in [2.24, 2.45) is 0 Å². The van der Waals surface area contributed by atoms with Crippen molar-refractivity contribution in [1.82, 2.24) is 10.2 Å². The van der Waals surface area contributed by atoms with Gasteiger partial charge in [-0.15, -0.1) is 0 Å². The van der Waals surface area contributed by atoms with E-state index in [1.165, 1.54) is 0 Å². The lowest BCUT2D eigenvalue weighted by molar-refractivity contribution is -0.142. The van der Waals surface area contributed by atoms with Gasteiger partial charge in [0, 0.05) is 13.1 Å². The Morgan fingerprint density at radius 3 is 2.43 bits per heavy atom. The van der Waals surface area contributed by atoms with E-state index in [2.05, 4.69) is 11.4 Å². The van der Waals surface area contributed by atoms with Crippen molar-refractivity contribution in [2.75, 3.05) is 13.2 Å². The highest BCUT2D eigenvalue weighted by Crippen LogP contribution is 2.23. The second-order valence-corrected chi connectivity index (χ2v) is 7.07. The molecule has 5 nitrogen and oxygen atoms in total. The van der Waals surface area contributed by atoms with Gasteiger partial charge in [0.15, 0.2) is 6.61 Å². The van der Waals surface area contributed by atoms with Crippen LogP contribution in [-0.2, 0) is 16.1 Å². The van der Waals surface area contributed by atoms with E-state index < -0.39 is 6.04 Å². The van der Waals surface area contributed by atoms with Crippen molar-refractivity contribution in [1.29, 1.82) is 0 Å². The van der Waals surface area contributed by atoms with Gasteiger partial charge in [0.2, 0.25) is 5.91 Å². The summed E-state index contributed by atoms with van der Waals surface area (Å²) in [5.74, 6) is 0.312. The molecule has 2 rings (SSSR count). The van der Waals surface area contributed by atoms with Gasteiger partial charge < -0.3 is 15.0 Å². The summed E-state index contributed by atoms with van der Waals surface area (Å²) < 4.78 is 5.85. The van der Waals surface area contributed by atoms with Crippen LogP contribution in [0.4, 0.5) is 0 Å². The standard InChI is InChI=1S/C23H30N2O3/c1-6-24-23(27)19(5)25(14-20-10-8-7-9-11-20)22(26)15-28-21-13-16(2)12-17(3)18(21)4/h7-13,19H,6,14-15H2,1-5H3,(H,24,27)/t19-/m0/s1. The van der Waals surface area contributed by atoms with Crippen molar-refractivity contribution in [3.8, 4) is 5.75 Å². The molecular formula is C23H30N2O3. The Morgan fingerprint density at radius 1 is 1.11 bits per heavy atom. The number of carbonyl (C=O) groups excluding carboxylic acids is 2. The first-order valence-corrected chi connectivity index (χ1v) is 9.65. The Balaban J connectivity index is 2.17. The fourth-order valence-electron chi connectivity index (χ4n) is 3.06. The molecule has 0 aliphatic carbocycles. The smallest absolute Gasteiger partial charge is 0.261 e. The second-order valence-electron chi connectivity index (χ2n) is 7.07. The van der Waals surface area contributed by atoms with Crippen molar-refractivity contribution < 1.29 is 14.3 Å². The minimum atomic E-state index is -0.586. The minimum absolute atomic E-state index is 0.111. The third kappa shape index (κ3) is 5.59. The summed E-state index contributed by atoms with van der Waals surface area (Å²) in [5, 5.41) is 2.79. The van der Waals surface area contributed by atoms with E-state index in [4.69, 9.17) is 4.74 Å². The molecule has 0 aliphatic heterocycles.